The molecule has 1 amide bonds. The zero-order valence-corrected chi connectivity index (χ0v) is 14.3. The number of aromatic amines is 1. The third-order valence-corrected chi connectivity index (χ3v) is 4.59. The molecule has 6 nitrogen and oxygen atoms in total. The van der Waals surface area contributed by atoms with Crippen LogP contribution in [0.4, 0.5) is 5.82 Å². The van der Waals surface area contributed by atoms with Gasteiger partial charge in [-0.05, 0) is 12.8 Å². The average molecular weight is 343 g/mol. The first-order valence-electron chi connectivity index (χ1n) is 8.47. The molecule has 7 heteroatoms. The van der Waals surface area contributed by atoms with E-state index in [1.165, 1.54) is 38.5 Å². The lowest BCUT2D eigenvalue weighted by molar-refractivity contribution is -0.117. The predicted molar refractivity (Wildman–Crippen MR) is 92.1 cm³/mol. The first-order chi connectivity index (χ1) is 10.8. The van der Waals surface area contributed by atoms with E-state index in [0.29, 0.717) is 24.8 Å². The first-order valence-corrected chi connectivity index (χ1v) is 8.47. The molecule has 0 bridgehead atoms. The number of aromatic nitrogens is 2. The normalized spacial score (nSPS) is 22.9. The molecule has 2 aliphatic rings. The quantitative estimate of drug-likeness (QED) is 0.735. The fourth-order valence-corrected chi connectivity index (χ4v) is 3.37. The number of anilines is 1. The van der Waals surface area contributed by atoms with E-state index in [-0.39, 0.29) is 24.4 Å². The van der Waals surface area contributed by atoms with Crippen LogP contribution >= 0.6 is 12.4 Å². The van der Waals surface area contributed by atoms with Crippen LogP contribution in [-0.4, -0.2) is 41.9 Å². The van der Waals surface area contributed by atoms with Crippen LogP contribution < -0.4 is 10.6 Å². The molecule has 1 saturated carbocycles. The molecule has 130 valence electrons. The van der Waals surface area contributed by atoms with Gasteiger partial charge >= 0.3 is 0 Å². The largest absolute Gasteiger partial charge is 0.378 e. The lowest BCUT2D eigenvalue weighted by atomic mass is 9.97. The molecule has 2 fully saturated rings. The molecule has 3 N–H and O–H groups in total. The molecule has 23 heavy (non-hydrogen) atoms. The van der Waals surface area contributed by atoms with Gasteiger partial charge in [0.1, 0.15) is 0 Å². The molecule has 0 radical (unpaired) electrons. The number of carbonyl (C=O) groups excluding carboxylic acids is 1. The summed E-state index contributed by atoms with van der Waals surface area (Å²) < 4.78 is 5.36. The molecule has 1 aliphatic carbocycles. The highest BCUT2D eigenvalue weighted by molar-refractivity contribution is 5.90. The molecule has 3 rings (SSSR count). The van der Waals surface area contributed by atoms with Gasteiger partial charge in [-0.25, -0.2) is 0 Å². The molecule has 1 saturated heterocycles. The highest BCUT2D eigenvalue weighted by Gasteiger charge is 2.19. The smallest absolute Gasteiger partial charge is 0.227 e. The maximum absolute atomic E-state index is 12.1. The lowest BCUT2D eigenvalue weighted by Gasteiger charge is -2.22. The summed E-state index contributed by atoms with van der Waals surface area (Å²) in [5.74, 6) is 1.19. The SMILES string of the molecule is Cl.O=C(CC1COCCN1)Nc1cc(C2CCCCCC2)[nH]n1. The molecular formula is C16H27ClN4O2. The van der Waals surface area contributed by atoms with Crippen molar-refractivity contribution < 1.29 is 9.53 Å². The van der Waals surface area contributed by atoms with Crippen LogP contribution in [0.2, 0.25) is 0 Å². The molecule has 0 spiro atoms. The monoisotopic (exact) mass is 342 g/mol. The van der Waals surface area contributed by atoms with Crippen LogP contribution in [0.5, 0.6) is 0 Å². The molecule has 0 aromatic carbocycles. The van der Waals surface area contributed by atoms with Crippen LogP contribution in [0.3, 0.4) is 0 Å². The zero-order chi connectivity index (χ0) is 15.2. The Morgan fingerprint density at radius 1 is 1.30 bits per heavy atom. The maximum Gasteiger partial charge on any atom is 0.227 e. The summed E-state index contributed by atoms with van der Waals surface area (Å²) >= 11 is 0. The van der Waals surface area contributed by atoms with Crippen molar-refractivity contribution in [3.8, 4) is 0 Å². The third kappa shape index (κ3) is 5.48. The standard InChI is InChI=1S/C16H26N4O2.ClH/c21-16(9-13-11-22-8-7-17-13)18-15-10-14(19-20-15)12-5-3-1-2-4-6-12;/h10,12-13,17H,1-9,11H2,(H2,18,19,20,21);1H. The number of rotatable bonds is 4. The van der Waals surface area contributed by atoms with Crippen molar-refractivity contribution in [3.63, 3.8) is 0 Å². The second-order valence-electron chi connectivity index (χ2n) is 6.38. The number of hydrogen-bond acceptors (Lipinski definition) is 4. The van der Waals surface area contributed by atoms with Crippen molar-refractivity contribution in [2.24, 2.45) is 0 Å². The first kappa shape index (κ1) is 18.2. The predicted octanol–water partition coefficient (Wildman–Crippen LogP) is 2.59. The fraction of sp³-hybridized carbons (Fsp3) is 0.750. The van der Waals surface area contributed by atoms with Gasteiger partial charge in [-0.1, -0.05) is 25.7 Å². The van der Waals surface area contributed by atoms with Crippen LogP contribution in [0.25, 0.3) is 0 Å². The Kier molecular flexibility index (Phi) is 7.33. The topological polar surface area (TPSA) is 79.0 Å². The summed E-state index contributed by atoms with van der Waals surface area (Å²) in [5.41, 5.74) is 1.16. The van der Waals surface area contributed by atoms with Crippen LogP contribution in [0.15, 0.2) is 6.07 Å². The van der Waals surface area contributed by atoms with Crippen molar-refractivity contribution >= 4 is 24.1 Å². The summed E-state index contributed by atoms with van der Waals surface area (Å²) in [6.07, 6.45) is 8.12. The van der Waals surface area contributed by atoms with Gasteiger partial charge in [-0.3, -0.25) is 9.89 Å². The minimum absolute atomic E-state index is 0. The van der Waals surface area contributed by atoms with Gasteiger partial charge in [0.15, 0.2) is 5.82 Å². The van der Waals surface area contributed by atoms with Crippen molar-refractivity contribution in [2.45, 2.75) is 56.9 Å². The Labute approximate surface area is 143 Å². The zero-order valence-electron chi connectivity index (χ0n) is 13.5. The number of ether oxygens (including phenoxy) is 1. The number of nitrogens with zero attached hydrogens (tertiary/aromatic N) is 1. The van der Waals surface area contributed by atoms with Gasteiger partial charge in [-0.2, -0.15) is 5.10 Å². The van der Waals surface area contributed by atoms with Gasteiger partial charge in [0.25, 0.3) is 0 Å². The molecule has 1 aromatic heterocycles. The van der Waals surface area contributed by atoms with E-state index >= 15 is 0 Å². The van der Waals surface area contributed by atoms with Crippen molar-refractivity contribution in [3.05, 3.63) is 11.8 Å². The van der Waals surface area contributed by atoms with Crippen LogP contribution in [0.1, 0.15) is 56.6 Å². The summed E-state index contributed by atoms with van der Waals surface area (Å²) in [6, 6.07) is 2.10. The molecule has 1 atom stereocenters. The van der Waals surface area contributed by atoms with E-state index in [0.717, 1.165) is 18.8 Å². The number of nitrogens with one attached hydrogen (secondary N) is 3. The van der Waals surface area contributed by atoms with E-state index in [1.54, 1.807) is 0 Å². The van der Waals surface area contributed by atoms with Crippen LogP contribution in [0, 0.1) is 0 Å². The Morgan fingerprint density at radius 2 is 2.09 bits per heavy atom. The number of amides is 1. The lowest BCUT2D eigenvalue weighted by Crippen LogP contribution is -2.43. The second kappa shape index (κ2) is 9.25. The molecular weight excluding hydrogens is 316 g/mol. The van der Waals surface area contributed by atoms with Crippen molar-refractivity contribution in [1.29, 1.82) is 0 Å². The maximum atomic E-state index is 12.1. The van der Waals surface area contributed by atoms with Gasteiger partial charge in [-0.15, -0.1) is 12.4 Å². The van der Waals surface area contributed by atoms with Crippen LogP contribution in [-0.2, 0) is 9.53 Å². The summed E-state index contributed by atoms with van der Waals surface area (Å²) in [5, 5.41) is 13.5. The van der Waals surface area contributed by atoms with Gasteiger partial charge in [0, 0.05) is 36.7 Å². The Bertz CT molecular complexity index is 480. The number of morpholine rings is 1. The minimum Gasteiger partial charge on any atom is -0.378 e. The van der Waals surface area contributed by atoms with E-state index in [2.05, 4.69) is 20.8 Å². The second-order valence-corrected chi connectivity index (χ2v) is 6.38. The van der Waals surface area contributed by atoms with Crippen molar-refractivity contribution in [2.75, 3.05) is 25.1 Å². The van der Waals surface area contributed by atoms with E-state index < -0.39 is 0 Å². The number of carbonyl (C=O) groups is 1. The highest BCUT2D eigenvalue weighted by Crippen LogP contribution is 2.31. The fourth-order valence-electron chi connectivity index (χ4n) is 3.37. The van der Waals surface area contributed by atoms with Gasteiger partial charge < -0.3 is 15.4 Å². The molecule has 2 heterocycles. The number of H-pyrrole nitrogens is 1. The van der Waals surface area contributed by atoms with E-state index in [9.17, 15) is 4.79 Å². The molecule has 1 aliphatic heterocycles. The number of halogens is 1. The summed E-state index contributed by atoms with van der Waals surface area (Å²) in [4.78, 5) is 12.1. The molecule has 1 unspecified atom stereocenters. The minimum atomic E-state index is -0.0121. The molecule has 1 aromatic rings. The highest BCUT2D eigenvalue weighted by atomic mass is 35.5. The Balaban J connectivity index is 0.00000192. The number of hydrogen-bond donors (Lipinski definition) is 3. The summed E-state index contributed by atoms with van der Waals surface area (Å²) in [6.45, 7) is 2.13. The van der Waals surface area contributed by atoms with Gasteiger partial charge in [0.2, 0.25) is 5.91 Å². The summed E-state index contributed by atoms with van der Waals surface area (Å²) in [7, 11) is 0. The van der Waals surface area contributed by atoms with Crippen molar-refractivity contribution in [1.82, 2.24) is 15.5 Å². The Morgan fingerprint density at radius 3 is 2.78 bits per heavy atom. The average Bonchev–Trinajstić information content (AvgIpc) is 2.82. The van der Waals surface area contributed by atoms with Gasteiger partial charge in [0.05, 0.1) is 13.2 Å². The Hall–Kier alpha value is -1.11. The third-order valence-electron chi connectivity index (χ3n) is 4.59. The van der Waals surface area contributed by atoms with E-state index in [4.69, 9.17) is 4.74 Å². The van der Waals surface area contributed by atoms with E-state index in [1.807, 2.05) is 6.07 Å².